The molecule has 1 amide bonds. The zero-order valence-electron chi connectivity index (χ0n) is 14.1. The van der Waals surface area contributed by atoms with Gasteiger partial charge in [-0.2, -0.15) is 5.26 Å². The maximum atomic E-state index is 12.7. The summed E-state index contributed by atoms with van der Waals surface area (Å²) in [6.45, 7) is 4.18. The molecule has 0 unspecified atom stereocenters. The highest BCUT2D eigenvalue weighted by atomic mass is 16.5. The second-order valence-corrected chi connectivity index (χ2v) is 5.91. The maximum Gasteiger partial charge on any atom is 0.291 e. The molecule has 25 heavy (non-hydrogen) atoms. The molecule has 0 spiro atoms. The Morgan fingerprint density at radius 1 is 1.20 bits per heavy atom. The van der Waals surface area contributed by atoms with Crippen LogP contribution in [0.2, 0.25) is 0 Å². The number of nitrogens with one attached hydrogen (secondary N) is 1. The monoisotopic (exact) mass is 334 g/mol. The normalized spacial score (nSPS) is 10.8. The lowest BCUT2D eigenvalue weighted by Crippen LogP contribution is -2.14. The van der Waals surface area contributed by atoms with Crippen molar-refractivity contribution in [2.75, 3.05) is 5.32 Å². The fourth-order valence-electron chi connectivity index (χ4n) is 2.49. The molecule has 0 bridgehead atoms. The van der Waals surface area contributed by atoms with Gasteiger partial charge in [-0.3, -0.25) is 4.79 Å². The van der Waals surface area contributed by atoms with Gasteiger partial charge in [-0.15, -0.1) is 0 Å². The van der Waals surface area contributed by atoms with E-state index < -0.39 is 0 Å². The number of hydrogen-bond acceptors (Lipinski definition) is 4. The molecule has 0 aliphatic rings. The molecule has 2 aromatic carbocycles. The quantitative estimate of drug-likeness (QED) is 0.746. The molecular weight excluding hydrogens is 316 g/mol. The minimum Gasteiger partial charge on any atom is -0.451 e. The van der Waals surface area contributed by atoms with E-state index in [1.165, 1.54) is 0 Å². The Morgan fingerprint density at radius 2 is 1.92 bits per heavy atom. The summed E-state index contributed by atoms with van der Waals surface area (Å²) in [6, 6.07) is 16.2. The Kier molecular flexibility index (Phi) is 4.82. The third kappa shape index (κ3) is 3.70. The summed E-state index contributed by atoms with van der Waals surface area (Å²) in [5.74, 6) is -0.102. The second-order valence-electron chi connectivity index (χ2n) is 5.91. The smallest absolute Gasteiger partial charge is 0.291 e. The molecule has 5 nitrogen and oxygen atoms in total. The van der Waals surface area contributed by atoms with Crippen LogP contribution in [0.5, 0.6) is 0 Å². The summed E-state index contributed by atoms with van der Waals surface area (Å²) in [4.78, 5) is 12.7. The van der Waals surface area contributed by atoms with Crippen molar-refractivity contribution in [3.05, 3.63) is 65.4 Å². The van der Waals surface area contributed by atoms with E-state index in [0.29, 0.717) is 23.4 Å². The number of ether oxygens (including phenoxy) is 1. The van der Waals surface area contributed by atoms with Gasteiger partial charge in [-0.1, -0.05) is 18.2 Å². The number of nitriles is 1. The number of carbonyl (C=O) groups excluding carboxylic acids is 1. The minimum absolute atomic E-state index is 0.0445. The van der Waals surface area contributed by atoms with Crippen LogP contribution >= 0.6 is 0 Å². The van der Waals surface area contributed by atoms with Gasteiger partial charge in [0.15, 0.2) is 5.76 Å². The number of anilines is 1. The van der Waals surface area contributed by atoms with Crippen molar-refractivity contribution in [2.45, 2.75) is 26.6 Å². The van der Waals surface area contributed by atoms with Gasteiger partial charge in [0, 0.05) is 16.6 Å². The van der Waals surface area contributed by atoms with Gasteiger partial charge in [0.25, 0.3) is 5.91 Å². The summed E-state index contributed by atoms with van der Waals surface area (Å²) in [6.07, 6.45) is 0.0445. The predicted molar refractivity (Wildman–Crippen MR) is 95.2 cm³/mol. The van der Waals surface area contributed by atoms with Crippen molar-refractivity contribution >= 4 is 22.6 Å². The Bertz CT molecular complexity index is 934. The molecule has 0 fully saturated rings. The van der Waals surface area contributed by atoms with Crippen LogP contribution in [0.1, 0.15) is 35.5 Å². The molecule has 1 heterocycles. The van der Waals surface area contributed by atoms with Gasteiger partial charge in [0.2, 0.25) is 0 Å². The zero-order valence-corrected chi connectivity index (χ0v) is 14.1. The van der Waals surface area contributed by atoms with Gasteiger partial charge in [0.1, 0.15) is 5.58 Å². The molecular formula is C20H18N2O3. The first-order chi connectivity index (χ1) is 12.1. The molecule has 3 aromatic rings. The SMILES string of the molecule is CC(C)OCc1c(C(=O)Nc2ccc(C#N)cc2)oc2ccccc12. The van der Waals surface area contributed by atoms with Gasteiger partial charge in [-0.25, -0.2) is 0 Å². The van der Waals surface area contributed by atoms with E-state index in [4.69, 9.17) is 14.4 Å². The maximum absolute atomic E-state index is 12.7. The van der Waals surface area contributed by atoms with E-state index in [2.05, 4.69) is 5.32 Å². The number of fused-ring (bicyclic) bond motifs is 1. The van der Waals surface area contributed by atoms with E-state index in [9.17, 15) is 4.79 Å². The number of furan rings is 1. The highest BCUT2D eigenvalue weighted by Gasteiger charge is 2.21. The van der Waals surface area contributed by atoms with Gasteiger partial charge >= 0.3 is 0 Å². The Balaban J connectivity index is 1.91. The van der Waals surface area contributed by atoms with Crippen LogP contribution in [-0.2, 0) is 11.3 Å². The third-order valence-electron chi connectivity index (χ3n) is 3.74. The van der Waals surface area contributed by atoms with Crippen LogP contribution in [0.3, 0.4) is 0 Å². The number of nitrogens with zero attached hydrogens (tertiary/aromatic N) is 1. The molecule has 3 rings (SSSR count). The van der Waals surface area contributed by atoms with E-state index >= 15 is 0 Å². The van der Waals surface area contributed by atoms with Crippen LogP contribution in [-0.4, -0.2) is 12.0 Å². The molecule has 0 saturated carbocycles. The molecule has 1 N–H and O–H groups in total. The van der Waals surface area contributed by atoms with Gasteiger partial charge in [0.05, 0.1) is 24.3 Å². The Labute approximate surface area is 145 Å². The van der Waals surface area contributed by atoms with Crippen LogP contribution in [0.4, 0.5) is 5.69 Å². The van der Waals surface area contributed by atoms with Crippen molar-refractivity contribution in [2.24, 2.45) is 0 Å². The van der Waals surface area contributed by atoms with E-state index in [-0.39, 0.29) is 17.8 Å². The van der Waals surface area contributed by atoms with Crippen molar-refractivity contribution in [1.82, 2.24) is 0 Å². The van der Waals surface area contributed by atoms with Crippen molar-refractivity contribution in [3.8, 4) is 6.07 Å². The van der Waals surface area contributed by atoms with E-state index in [1.807, 2.05) is 44.2 Å². The number of amides is 1. The lowest BCUT2D eigenvalue weighted by atomic mass is 10.1. The van der Waals surface area contributed by atoms with Crippen LogP contribution in [0, 0.1) is 11.3 Å². The van der Waals surface area contributed by atoms with E-state index in [1.54, 1.807) is 24.3 Å². The standard InChI is InChI=1S/C20H18N2O3/c1-13(2)24-12-17-16-5-3-4-6-18(16)25-19(17)20(23)22-15-9-7-14(11-21)8-10-15/h3-10,13H,12H2,1-2H3,(H,22,23). The number of benzene rings is 2. The molecule has 0 atom stereocenters. The lowest BCUT2D eigenvalue weighted by molar-refractivity contribution is 0.0648. The van der Waals surface area contributed by atoms with Crippen molar-refractivity contribution < 1.29 is 13.9 Å². The van der Waals surface area contributed by atoms with Gasteiger partial charge < -0.3 is 14.5 Å². The first-order valence-electron chi connectivity index (χ1n) is 8.02. The van der Waals surface area contributed by atoms with E-state index in [0.717, 1.165) is 10.9 Å². The van der Waals surface area contributed by atoms with Crippen LogP contribution in [0.25, 0.3) is 11.0 Å². The number of para-hydroxylation sites is 1. The molecule has 1 aromatic heterocycles. The average molecular weight is 334 g/mol. The van der Waals surface area contributed by atoms with Crippen molar-refractivity contribution in [3.63, 3.8) is 0 Å². The molecule has 0 saturated heterocycles. The van der Waals surface area contributed by atoms with Gasteiger partial charge in [-0.05, 0) is 44.2 Å². The zero-order chi connectivity index (χ0) is 17.8. The fraction of sp³-hybridized carbons (Fsp3) is 0.200. The summed E-state index contributed by atoms with van der Waals surface area (Å²) >= 11 is 0. The largest absolute Gasteiger partial charge is 0.451 e. The average Bonchev–Trinajstić information content (AvgIpc) is 2.99. The Morgan fingerprint density at radius 3 is 2.60 bits per heavy atom. The molecule has 0 radical (unpaired) electrons. The summed E-state index contributed by atoms with van der Waals surface area (Å²) in [5.41, 5.74) is 2.51. The first kappa shape index (κ1) is 16.7. The Hall–Kier alpha value is -3.10. The number of carbonyl (C=O) groups is 1. The molecule has 0 aliphatic heterocycles. The molecule has 0 aliphatic carbocycles. The third-order valence-corrected chi connectivity index (χ3v) is 3.74. The lowest BCUT2D eigenvalue weighted by Gasteiger charge is -2.08. The summed E-state index contributed by atoms with van der Waals surface area (Å²) in [7, 11) is 0. The van der Waals surface area contributed by atoms with Crippen molar-refractivity contribution in [1.29, 1.82) is 5.26 Å². The number of rotatable bonds is 5. The highest BCUT2D eigenvalue weighted by molar-refractivity contribution is 6.06. The highest BCUT2D eigenvalue weighted by Crippen LogP contribution is 2.27. The fourth-order valence-corrected chi connectivity index (χ4v) is 2.49. The topological polar surface area (TPSA) is 75.3 Å². The van der Waals surface area contributed by atoms with Crippen LogP contribution in [0.15, 0.2) is 52.9 Å². The minimum atomic E-state index is -0.344. The first-order valence-corrected chi connectivity index (χ1v) is 8.02. The molecule has 5 heteroatoms. The summed E-state index contributed by atoms with van der Waals surface area (Å²) < 4.78 is 11.5. The number of hydrogen-bond donors (Lipinski definition) is 1. The predicted octanol–water partition coefficient (Wildman–Crippen LogP) is 4.48. The second kappa shape index (κ2) is 7.20. The molecule has 126 valence electrons. The van der Waals surface area contributed by atoms with Crippen LogP contribution < -0.4 is 5.32 Å². The summed E-state index contributed by atoms with van der Waals surface area (Å²) in [5, 5.41) is 12.5.